The number of methoxy groups -OCH3 is 1. The summed E-state index contributed by atoms with van der Waals surface area (Å²) in [5.74, 6) is 0. The molecule has 1 aromatic rings. The van der Waals surface area contributed by atoms with Crippen LogP contribution >= 0.6 is 0 Å². The lowest BCUT2D eigenvalue weighted by Gasteiger charge is -2.27. The third-order valence-corrected chi connectivity index (χ3v) is 3.48. The number of aromatic nitrogens is 1. The highest BCUT2D eigenvalue weighted by atomic mass is 16.5. The molecule has 0 aromatic carbocycles. The van der Waals surface area contributed by atoms with Crippen LogP contribution in [0.3, 0.4) is 0 Å². The van der Waals surface area contributed by atoms with Gasteiger partial charge in [0.1, 0.15) is 0 Å². The molecule has 94 valence electrons. The number of rotatable bonds is 4. The summed E-state index contributed by atoms with van der Waals surface area (Å²) in [6.45, 7) is 1.23. The first kappa shape index (κ1) is 12.3. The summed E-state index contributed by atoms with van der Waals surface area (Å²) < 4.78 is 6.93. The van der Waals surface area contributed by atoms with Crippen molar-refractivity contribution in [1.82, 2.24) is 9.88 Å². The number of ether oxygens (including phenoxy) is 1. The predicted octanol–water partition coefficient (Wildman–Crippen LogP) is 1.09. The van der Waals surface area contributed by atoms with Gasteiger partial charge in [0.05, 0.1) is 6.61 Å². The predicted molar refractivity (Wildman–Crippen MR) is 67.3 cm³/mol. The molecule has 17 heavy (non-hydrogen) atoms. The monoisotopic (exact) mass is 236 g/mol. The Balaban J connectivity index is 2.41. The first-order valence-electron chi connectivity index (χ1n) is 6.16. The summed E-state index contributed by atoms with van der Waals surface area (Å²) in [6.07, 6.45) is 3.27. The largest absolute Gasteiger partial charge is 0.383 e. The van der Waals surface area contributed by atoms with E-state index in [1.807, 2.05) is 17.7 Å². The lowest BCUT2D eigenvalue weighted by molar-refractivity contribution is 0.184. The number of nitrogens with zero attached hydrogens (tertiary/aromatic N) is 1. The Bertz CT molecular complexity index is 440. The summed E-state index contributed by atoms with van der Waals surface area (Å²) in [4.78, 5) is 11.9. The van der Waals surface area contributed by atoms with E-state index in [0.29, 0.717) is 19.2 Å². The van der Waals surface area contributed by atoms with Gasteiger partial charge in [-0.25, -0.2) is 0 Å². The van der Waals surface area contributed by atoms with E-state index in [9.17, 15) is 4.79 Å². The Labute approximate surface area is 102 Å². The normalized spacial score (nSPS) is 19.1. The van der Waals surface area contributed by atoms with Crippen LogP contribution in [-0.4, -0.2) is 25.3 Å². The van der Waals surface area contributed by atoms with Crippen LogP contribution in [0.1, 0.15) is 30.1 Å². The average Bonchev–Trinajstić information content (AvgIpc) is 2.36. The van der Waals surface area contributed by atoms with E-state index in [2.05, 4.69) is 5.32 Å². The van der Waals surface area contributed by atoms with Crippen LogP contribution < -0.4 is 10.9 Å². The van der Waals surface area contributed by atoms with Crippen molar-refractivity contribution in [2.24, 2.45) is 0 Å². The van der Waals surface area contributed by atoms with Crippen molar-refractivity contribution >= 4 is 0 Å². The second-order valence-electron chi connectivity index (χ2n) is 4.45. The molecule has 0 radical (unpaired) electrons. The minimum absolute atomic E-state index is 0.0811. The molecule has 0 spiro atoms. The molecule has 0 fully saturated rings. The first-order chi connectivity index (χ1) is 8.27. The van der Waals surface area contributed by atoms with E-state index in [0.717, 1.165) is 19.3 Å². The van der Waals surface area contributed by atoms with E-state index in [1.165, 1.54) is 11.3 Å². The van der Waals surface area contributed by atoms with Crippen molar-refractivity contribution in [3.8, 4) is 0 Å². The molecule has 0 aliphatic heterocycles. The first-order valence-corrected chi connectivity index (χ1v) is 6.16. The minimum Gasteiger partial charge on any atom is -0.383 e. The molecule has 1 aromatic heterocycles. The molecule has 0 bridgehead atoms. The van der Waals surface area contributed by atoms with Gasteiger partial charge >= 0.3 is 0 Å². The SMILES string of the molecule is CNC1CCCc2c1ccc(=O)n2CCOC. The van der Waals surface area contributed by atoms with Gasteiger partial charge in [-0.1, -0.05) is 6.07 Å². The molecule has 1 N–H and O–H groups in total. The Kier molecular flexibility index (Phi) is 3.97. The highest BCUT2D eigenvalue weighted by Crippen LogP contribution is 2.28. The minimum atomic E-state index is 0.0811. The van der Waals surface area contributed by atoms with Crippen LogP contribution in [-0.2, 0) is 17.7 Å². The van der Waals surface area contributed by atoms with Gasteiger partial charge in [-0.15, -0.1) is 0 Å². The van der Waals surface area contributed by atoms with Crippen LogP contribution in [0.2, 0.25) is 0 Å². The molecule has 2 rings (SSSR count). The van der Waals surface area contributed by atoms with Crippen molar-refractivity contribution < 1.29 is 4.74 Å². The molecule has 1 heterocycles. The van der Waals surface area contributed by atoms with Crippen LogP contribution in [0.4, 0.5) is 0 Å². The van der Waals surface area contributed by atoms with Gasteiger partial charge < -0.3 is 14.6 Å². The molecule has 4 nitrogen and oxygen atoms in total. The highest BCUT2D eigenvalue weighted by molar-refractivity contribution is 5.27. The van der Waals surface area contributed by atoms with Crippen molar-refractivity contribution in [3.05, 3.63) is 33.7 Å². The summed E-state index contributed by atoms with van der Waals surface area (Å²) >= 11 is 0. The molecule has 0 saturated heterocycles. The number of hydrogen-bond acceptors (Lipinski definition) is 3. The molecule has 1 aliphatic carbocycles. The Morgan fingerprint density at radius 2 is 2.35 bits per heavy atom. The summed E-state index contributed by atoms with van der Waals surface area (Å²) in [6, 6.07) is 4.03. The van der Waals surface area contributed by atoms with Gasteiger partial charge in [-0.05, 0) is 31.9 Å². The Morgan fingerprint density at radius 1 is 1.53 bits per heavy atom. The Hall–Kier alpha value is -1.13. The lowest BCUT2D eigenvalue weighted by Crippen LogP contribution is -2.31. The zero-order chi connectivity index (χ0) is 12.3. The number of pyridine rings is 1. The Morgan fingerprint density at radius 3 is 3.06 bits per heavy atom. The second kappa shape index (κ2) is 5.47. The lowest BCUT2D eigenvalue weighted by atomic mass is 9.91. The maximum Gasteiger partial charge on any atom is 0.250 e. The average molecular weight is 236 g/mol. The van der Waals surface area contributed by atoms with Crippen LogP contribution in [0.15, 0.2) is 16.9 Å². The van der Waals surface area contributed by atoms with Crippen molar-refractivity contribution in [2.45, 2.75) is 31.8 Å². The third kappa shape index (κ3) is 2.42. The molecule has 4 heteroatoms. The fourth-order valence-electron chi connectivity index (χ4n) is 2.59. The van der Waals surface area contributed by atoms with E-state index in [4.69, 9.17) is 4.74 Å². The molecular weight excluding hydrogens is 216 g/mol. The molecule has 0 saturated carbocycles. The molecular formula is C13H20N2O2. The maximum absolute atomic E-state index is 11.9. The van der Waals surface area contributed by atoms with Crippen molar-refractivity contribution in [2.75, 3.05) is 20.8 Å². The van der Waals surface area contributed by atoms with Gasteiger partial charge in [0, 0.05) is 31.5 Å². The van der Waals surface area contributed by atoms with Gasteiger partial charge in [0.15, 0.2) is 0 Å². The zero-order valence-electron chi connectivity index (χ0n) is 10.5. The summed E-state index contributed by atoms with van der Waals surface area (Å²) in [5, 5.41) is 3.32. The van der Waals surface area contributed by atoms with E-state index >= 15 is 0 Å². The van der Waals surface area contributed by atoms with E-state index in [1.54, 1.807) is 13.2 Å². The van der Waals surface area contributed by atoms with E-state index in [-0.39, 0.29) is 5.56 Å². The molecule has 1 unspecified atom stereocenters. The molecule has 0 amide bonds. The van der Waals surface area contributed by atoms with Crippen LogP contribution in [0, 0.1) is 0 Å². The molecule has 1 atom stereocenters. The van der Waals surface area contributed by atoms with Gasteiger partial charge in [0.2, 0.25) is 0 Å². The van der Waals surface area contributed by atoms with Crippen LogP contribution in [0.25, 0.3) is 0 Å². The van der Waals surface area contributed by atoms with Gasteiger partial charge in [0.25, 0.3) is 5.56 Å². The van der Waals surface area contributed by atoms with Crippen molar-refractivity contribution in [3.63, 3.8) is 0 Å². The standard InChI is InChI=1S/C13H20N2O2/c1-14-11-4-3-5-12-10(11)6-7-13(16)15(12)8-9-17-2/h6-7,11,14H,3-5,8-9H2,1-2H3. The fourth-order valence-corrected chi connectivity index (χ4v) is 2.59. The number of hydrogen-bond donors (Lipinski definition) is 1. The zero-order valence-corrected chi connectivity index (χ0v) is 10.5. The third-order valence-electron chi connectivity index (χ3n) is 3.48. The van der Waals surface area contributed by atoms with Crippen molar-refractivity contribution in [1.29, 1.82) is 0 Å². The van der Waals surface area contributed by atoms with Gasteiger partial charge in [-0.3, -0.25) is 4.79 Å². The maximum atomic E-state index is 11.9. The smallest absolute Gasteiger partial charge is 0.250 e. The molecule has 1 aliphatic rings. The van der Waals surface area contributed by atoms with E-state index < -0.39 is 0 Å². The summed E-state index contributed by atoms with van der Waals surface area (Å²) in [7, 11) is 3.64. The quantitative estimate of drug-likeness (QED) is 0.851. The second-order valence-corrected chi connectivity index (χ2v) is 4.45. The van der Waals surface area contributed by atoms with Gasteiger partial charge in [-0.2, -0.15) is 0 Å². The topological polar surface area (TPSA) is 43.3 Å². The number of fused-ring (bicyclic) bond motifs is 1. The summed E-state index contributed by atoms with van der Waals surface area (Å²) in [5.41, 5.74) is 2.53. The number of nitrogens with one attached hydrogen (secondary N) is 1. The highest BCUT2D eigenvalue weighted by Gasteiger charge is 2.21. The van der Waals surface area contributed by atoms with Crippen LogP contribution in [0.5, 0.6) is 0 Å². The fraction of sp³-hybridized carbons (Fsp3) is 0.615.